The van der Waals surface area contributed by atoms with Gasteiger partial charge in [0.1, 0.15) is 18.3 Å². The first-order valence-corrected chi connectivity index (χ1v) is 11.0. The number of hydrogen-bond donors (Lipinski definition) is 4. The number of aromatic nitrogens is 4. The Morgan fingerprint density at radius 3 is 2.46 bits per heavy atom. The number of aryl methyl sites for hydroxylation is 2. The molecule has 0 radical (unpaired) electrons. The molecule has 0 aromatic heterocycles. The van der Waals surface area contributed by atoms with E-state index in [2.05, 4.69) is 15.0 Å². The molecule has 0 unspecified atom stereocenters. The highest BCUT2D eigenvalue weighted by molar-refractivity contribution is 5.81. The minimum atomic E-state index is -2.25. The van der Waals surface area contributed by atoms with Crippen molar-refractivity contribution in [3.8, 4) is 11.5 Å². The molecule has 0 saturated carbocycles. The molecule has 35 heavy (non-hydrogen) atoms. The molecule has 1 saturated heterocycles. The van der Waals surface area contributed by atoms with Gasteiger partial charge in [-0.2, -0.15) is 4.98 Å². The van der Waals surface area contributed by atoms with Crippen molar-refractivity contribution in [2.45, 2.75) is 44.7 Å². The van der Waals surface area contributed by atoms with E-state index >= 15 is 0 Å². The first-order valence-electron chi connectivity index (χ1n) is 11.0. The van der Waals surface area contributed by atoms with Crippen LogP contribution in [0.1, 0.15) is 16.7 Å². The van der Waals surface area contributed by atoms with Gasteiger partial charge >= 0.3 is 11.7 Å². The molecule has 0 spiro atoms. The molecule has 2 aromatic rings. The third-order valence-corrected chi connectivity index (χ3v) is 6.29. The van der Waals surface area contributed by atoms with E-state index in [-0.39, 0.29) is 23.6 Å². The number of ether oxygens (including phenoxy) is 2. The Hall–Kier alpha value is -3.48. The van der Waals surface area contributed by atoms with Crippen LogP contribution in [0.5, 0.6) is 0 Å². The average Bonchev–Trinajstić information content (AvgIpc) is 2.83. The zero-order valence-electron chi connectivity index (χ0n) is 19.0. The van der Waals surface area contributed by atoms with Crippen LogP contribution in [-0.2, 0) is 22.0 Å². The highest BCUT2D eigenvalue weighted by Gasteiger charge is 2.48. The fraction of sp³-hybridized carbons (Fsp3) is 0.333. The van der Waals surface area contributed by atoms with E-state index in [0.29, 0.717) is 11.0 Å². The van der Waals surface area contributed by atoms with Gasteiger partial charge in [-0.1, -0.05) is 30.3 Å². The van der Waals surface area contributed by atoms with Crippen molar-refractivity contribution >= 4 is 11.0 Å². The van der Waals surface area contributed by atoms with Gasteiger partial charge in [0.15, 0.2) is 11.5 Å². The molecular formula is C24H24N4O7. The summed E-state index contributed by atoms with van der Waals surface area (Å²) < 4.78 is 12.9. The third kappa shape index (κ3) is 4.03. The maximum absolute atomic E-state index is 12.5. The molecule has 11 nitrogen and oxygen atoms in total. The van der Waals surface area contributed by atoms with Crippen LogP contribution in [0.15, 0.2) is 52.1 Å². The summed E-state index contributed by atoms with van der Waals surface area (Å²) in [5.41, 5.74) is 1.57. The summed E-state index contributed by atoms with van der Waals surface area (Å²) in [6.07, 6.45) is -3.65. The molecule has 2 aromatic carbocycles. The molecule has 182 valence electrons. The Morgan fingerprint density at radius 1 is 1.06 bits per heavy atom. The normalized spacial score (nSPS) is 24.8. The zero-order valence-corrected chi connectivity index (χ0v) is 19.0. The largest absolute Gasteiger partial charge is 0.394 e. The molecular weight excluding hydrogens is 456 g/mol. The summed E-state index contributed by atoms with van der Waals surface area (Å²) in [6.45, 7) is 3.10. The second-order valence-corrected chi connectivity index (χ2v) is 8.62. The summed E-state index contributed by atoms with van der Waals surface area (Å²) in [7, 11) is 0. The van der Waals surface area contributed by atoms with E-state index in [1.165, 1.54) is 0 Å². The van der Waals surface area contributed by atoms with Gasteiger partial charge in [-0.05, 0) is 37.1 Å². The molecule has 11 heteroatoms. The second kappa shape index (κ2) is 8.63. The number of hydrogen-bond acceptors (Lipinski definition) is 9. The third-order valence-electron chi connectivity index (χ3n) is 6.29. The first kappa shape index (κ1) is 23.3. The second-order valence-electron chi connectivity index (χ2n) is 8.62. The van der Waals surface area contributed by atoms with Gasteiger partial charge in [0.2, 0.25) is 0 Å². The quantitative estimate of drug-likeness (QED) is 0.298. The topological polar surface area (TPSA) is 160 Å². The van der Waals surface area contributed by atoms with E-state index in [9.17, 15) is 24.9 Å². The monoisotopic (exact) mass is 480 g/mol. The van der Waals surface area contributed by atoms with Gasteiger partial charge < -0.3 is 29.4 Å². The Bertz CT molecular complexity index is 1490. The molecule has 0 bridgehead atoms. The summed E-state index contributed by atoms with van der Waals surface area (Å²) >= 11 is 0. The predicted molar refractivity (Wildman–Crippen MR) is 124 cm³/mol. The molecule has 4 atom stereocenters. The van der Waals surface area contributed by atoms with Gasteiger partial charge in [0.05, 0.1) is 24.2 Å². The molecule has 3 aliphatic heterocycles. The van der Waals surface area contributed by atoms with Crippen LogP contribution in [0.2, 0.25) is 0 Å². The Labute approximate surface area is 198 Å². The Morgan fingerprint density at radius 2 is 1.74 bits per heavy atom. The first-order chi connectivity index (χ1) is 16.7. The van der Waals surface area contributed by atoms with Crippen LogP contribution in [0, 0.1) is 13.8 Å². The summed E-state index contributed by atoms with van der Waals surface area (Å²) in [5.74, 6) is -2.25. The molecule has 0 amide bonds. The van der Waals surface area contributed by atoms with Crippen LogP contribution in [0.25, 0.3) is 22.6 Å². The lowest BCUT2D eigenvalue weighted by Gasteiger charge is -2.44. The maximum atomic E-state index is 12.5. The number of rotatable bonds is 4. The highest BCUT2D eigenvalue weighted by atomic mass is 16.8. The Balaban J connectivity index is 1.68. The molecule has 4 N–H and O–H groups in total. The lowest BCUT2D eigenvalue weighted by molar-refractivity contribution is -0.448. The van der Waals surface area contributed by atoms with Gasteiger partial charge in [-0.25, -0.2) is 9.78 Å². The predicted octanol–water partition coefficient (Wildman–Crippen LogP) is 0.141. The van der Waals surface area contributed by atoms with Crippen molar-refractivity contribution in [1.29, 1.82) is 0 Å². The number of aliphatic hydroxyl groups excluding tert-OH is 2. The van der Waals surface area contributed by atoms with Crippen molar-refractivity contribution in [1.82, 2.24) is 19.5 Å². The van der Waals surface area contributed by atoms with Crippen LogP contribution in [-0.4, -0.2) is 59.8 Å². The lowest BCUT2D eigenvalue weighted by atomic mass is 10.0. The number of aliphatic hydroxyl groups is 3. The van der Waals surface area contributed by atoms with Gasteiger partial charge in [-0.3, -0.25) is 9.78 Å². The van der Waals surface area contributed by atoms with Crippen molar-refractivity contribution in [2.75, 3.05) is 6.61 Å². The fourth-order valence-corrected chi connectivity index (χ4v) is 4.31. The summed E-state index contributed by atoms with van der Waals surface area (Å²) in [4.78, 5) is 35.1. The van der Waals surface area contributed by atoms with E-state index in [4.69, 9.17) is 9.47 Å². The number of fused-ring (bicyclic) bond motifs is 2. The summed E-state index contributed by atoms with van der Waals surface area (Å²) in [5, 5.41) is 32.0. The van der Waals surface area contributed by atoms with E-state index in [0.717, 1.165) is 11.1 Å². The number of nitrogens with one attached hydrogen (secondary N) is 1. The standard InChI is InChI=1S/C24H24N4O7/c1-12-8-15-16(9-13(12)2)28(21-19(25-15)22(31)27-23(32)26-21)10-17-20(30)18(11-29)35-24(33,34-17)14-6-4-3-5-7-14/h3-9,17-18,20,29-30,33H,10-11H2,1-2H3,(H,27,31,32)/t17-,18+,20-,24+/m0/s1. The molecule has 5 rings (SSSR count). The smallest absolute Gasteiger partial charge is 0.349 e. The van der Waals surface area contributed by atoms with Gasteiger partial charge in [0.25, 0.3) is 5.56 Å². The number of H-pyrrole nitrogens is 1. The number of nitrogens with zero attached hydrogens (tertiary/aromatic N) is 3. The van der Waals surface area contributed by atoms with E-state index < -0.39 is 42.1 Å². The van der Waals surface area contributed by atoms with Crippen molar-refractivity contribution in [3.63, 3.8) is 0 Å². The molecule has 3 aliphatic rings. The SMILES string of the molecule is Cc1cc2nc3c(=O)[nH]c(=O)nc-3n(C[C@@H]3O[C@](O)(c4ccccc4)O[C@H](CO)[C@H]3O)c2cc1C. The number of aromatic amines is 1. The van der Waals surface area contributed by atoms with Crippen LogP contribution in [0.3, 0.4) is 0 Å². The maximum Gasteiger partial charge on any atom is 0.349 e. The zero-order chi connectivity index (χ0) is 24.9. The average molecular weight is 480 g/mol. The van der Waals surface area contributed by atoms with Crippen LogP contribution in [0.4, 0.5) is 0 Å². The van der Waals surface area contributed by atoms with Crippen LogP contribution < -0.4 is 11.2 Å². The Kier molecular flexibility index (Phi) is 5.74. The molecule has 0 aliphatic carbocycles. The van der Waals surface area contributed by atoms with Crippen molar-refractivity contribution in [3.05, 3.63) is 80.0 Å². The lowest BCUT2D eigenvalue weighted by Crippen LogP contribution is -2.57. The summed E-state index contributed by atoms with van der Waals surface area (Å²) in [6, 6.07) is 11.9. The molecule has 1 fully saturated rings. The van der Waals surface area contributed by atoms with Crippen molar-refractivity contribution < 1.29 is 24.8 Å². The number of benzene rings is 2. The van der Waals surface area contributed by atoms with Gasteiger partial charge in [0, 0.05) is 5.56 Å². The highest BCUT2D eigenvalue weighted by Crippen LogP contribution is 2.35. The van der Waals surface area contributed by atoms with Crippen molar-refractivity contribution in [2.24, 2.45) is 0 Å². The van der Waals surface area contributed by atoms with E-state index in [1.54, 1.807) is 34.9 Å². The fourth-order valence-electron chi connectivity index (χ4n) is 4.31. The van der Waals surface area contributed by atoms with E-state index in [1.807, 2.05) is 26.0 Å². The minimum absolute atomic E-state index is 0.000550. The van der Waals surface area contributed by atoms with Gasteiger partial charge in [-0.15, -0.1) is 0 Å². The molecule has 3 heterocycles. The minimum Gasteiger partial charge on any atom is -0.394 e. The van der Waals surface area contributed by atoms with Crippen LogP contribution >= 0.6 is 0 Å².